The van der Waals surface area contributed by atoms with Gasteiger partial charge in [0.1, 0.15) is 0 Å². The number of fused-ring (bicyclic) bond motifs is 1. The molecule has 0 amide bonds. The number of halogens is 1. The van der Waals surface area contributed by atoms with Gasteiger partial charge in [-0.25, -0.2) is 0 Å². The first-order valence-corrected chi connectivity index (χ1v) is 7.00. The Bertz CT molecular complexity index is 887. The van der Waals surface area contributed by atoms with Crippen molar-refractivity contribution in [1.29, 1.82) is 0 Å². The zero-order valence-corrected chi connectivity index (χ0v) is 12.6. The molecule has 0 fully saturated rings. The summed E-state index contributed by atoms with van der Waals surface area (Å²) in [4.78, 5) is 12.9. The maximum absolute atomic E-state index is 10.6. The van der Waals surface area contributed by atoms with Crippen molar-refractivity contribution in [3.63, 3.8) is 0 Å². The smallest absolute Gasteiger partial charge is 0.269 e. The number of rotatable bonds is 3. The first-order chi connectivity index (χ1) is 10.5. The van der Waals surface area contributed by atoms with Crippen molar-refractivity contribution in [1.82, 2.24) is 4.98 Å². The van der Waals surface area contributed by atoms with Gasteiger partial charge in [-0.2, -0.15) is 5.11 Å². The van der Waals surface area contributed by atoms with E-state index in [9.17, 15) is 15.2 Å². The number of hydrogen-bond acceptors (Lipinski definition) is 5. The van der Waals surface area contributed by atoms with Gasteiger partial charge in [-0.15, -0.1) is 5.11 Å². The predicted octanol–water partition coefficient (Wildman–Crippen LogP) is 4.96. The predicted molar refractivity (Wildman–Crippen MR) is 84.9 cm³/mol. The number of nitrogens with one attached hydrogen (secondary N) is 1. The summed E-state index contributed by atoms with van der Waals surface area (Å²) in [7, 11) is 0. The minimum Gasteiger partial charge on any atom is -0.493 e. The highest BCUT2D eigenvalue weighted by molar-refractivity contribution is 9.10. The number of nitrogens with zero attached hydrogens (tertiary/aromatic N) is 3. The van der Waals surface area contributed by atoms with E-state index in [0.717, 1.165) is 15.4 Å². The number of aromatic amines is 1. The number of hydrogen-bond donors (Lipinski definition) is 2. The average molecular weight is 361 g/mol. The molecule has 1 heterocycles. The van der Waals surface area contributed by atoms with E-state index in [-0.39, 0.29) is 11.6 Å². The third-order valence-corrected chi connectivity index (χ3v) is 3.53. The highest BCUT2D eigenvalue weighted by atomic mass is 79.9. The molecule has 0 spiro atoms. The molecule has 7 nitrogen and oxygen atoms in total. The van der Waals surface area contributed by atoms with Gasteiger partial charge >= 0.3 is 0 Å². The van der Waals surface area contributed by atoms with Crippen LogP contribution in [-0.4, -0.2) is 15.0 Å². The van der Waals surface area contributed by atoms with E-state index in [0.29, 0.717) is 11.4 Å². The van der Waals surface area contributed by atoms with E-state index in [2.05, 4.69) is 31.1 Å². The Morgan fingerprint density at radius 1 is 1.14 bits per heavy atom. The number of azo groups is 1. The largest absolute Gasteiger partial charge is 0.493 e. The van der Waals surface area contributed by atoms with Crippen LogP contribution in [-0.2, 0) is 0 Å². The monoisotopic (exact) mass is 360 g/mol. The molecule has 0 saturated carbocycles. The number of aromatic nitrogens is 1. The van der Waals surface area contributed by atoms with Gasteiger partial charge in [-0.1, -0.05) is 15.9 Å². The van der Waals surface area contributed by atoms with E-state index in [1.165, 1.54) is 24.3 Å². The van der Waals surface area contributed by atoms with Crippen molar-refractivity contribution < 1.29 is 10.0 Å². The number of nitro groups is 1. The topological polar surface area (TPSA) is 104 Å². The quantitative estimate of drug-likeness (QED) is 0.391. The fraction of sp³-hybridized carbons (Fsp3) is 0. The van der Waals surface area contributed by atoms with Crippen molar-refractivity contribution in [3.05, 3.63) is 57.1 Å². The molecule has 1 aromatic heterocycles. The number of H-pyrrole nitrogens is 1. The molecule has 0 aliphatic carbocycles. The van der Waals surface area contributed by atoms with Crippen LogP contribution in [0.3, 0.4) is 0 Å². The van der Waals surface area contributed by atoms with Crippen LogP contribution in [0.5, 0.6) is 5.88 Å². The molecule has 0 radical (unpaired) electrons. The summed E-state index contributed by atoms with van der Waals surface area (Å²) < 4.78 is 0.853. The highest BCUT2D eigenvalue weighted by Crippen LogP contribution is 2.37. The summed E-state index contributed by atoms with van der Waals surface area (Å²) in [6.45, 7) is 0. The first kappa shape index (κ1) is 14.2. The summed E-state index contributed by atoms with van der Waals surface area (Å²) >= 11 is 3.36. The number of aromatic hydroxyl groups is 1. The Morgan fingerprint density at radius 3 is 2.55 bits per heavy atom. The Hall–Kier alpha value is -2.74. The molecule has 3 aromatic rings. The van der Waals surface area contributed by atoms with Crippen molar-refractivity contribution in [2.45, 2.75) is 0 Å². The second-order valence-electron chi connectivity index (χ2n) is 4.49. The molecule has 22 heavy (non-hydrogen) atoms. The molecule has 8 heteroatoms. The van der Waals surface area contributed by atoms with Crippen LogP contribution in [0.4, 0.5) is 17.1 Å². The van der Waals surface area contributed by atoms with Gasteiger partial charge in [0.2, 0.25) is 5.88 Å². The molecule has 0 saturated heterocycles. The van der Waals surface area contributed by atoms with E-state index in [1.54, 1.807) is 0 Å². The molecule has 2 N–H and O–H groups in total. The highest BCUT2D eigenvalue weighted by Gasteiger charge is 2.11. The van der Waals surface area contributed by atoms with Gasteiger partial charge < -0.3 is 10.1 Å². The lowest BCUT2D eigenvalue weighted by molar-refractivity contribution is -0.384. The SMILES string of the molecule is O=[N+]([O-])c1ccc(N=Nc2c(O)[nH]c3ccc(Br)cc23)cc1. The molecule has 0 unspecified atom stereocenters. The molecule has 0 atom stereocenters. The third-order valence-electron chi connectivity index (χ3n) is 3.04. The van der Waals surface area contributed by atoms with Gasteiger partial charge in [-0.3, -0.25) is 10.1 Å². The maximum Gasteiger partial charge on any atom is 0.269 e. The molecule has 2 aromatic carbocycles. The third kappa shape index (κ3) is 2.68. The fourth-order valence-corrected chi connectivity index (χ4v) is 2.35. The van der Waals surface area contributed by atoms with Crippen molar-refractivity contribution in [2.24, 2.45) is 10.2 Å². The van der Waals surface area contributed by atoms with Crippen LogP contribution in [0.25, 0.3) is 10.9 Å². The molecule has 3 rings (SSSR count). The molecule has 0 aliphatic heterocycles. The standard InChI is InChI=1S/C14H9BrN4O3/c15-8-1-6-12-11(7-8)13(14(20)16-12)18-17-9-2-4-10(5-3-9)19(21)22/h1-7,16,20H. The Balaban J connectivity index is 1.96. The van der Waals surface area contributed by atoms with Crippen molar-refractivity contribution in [3.8, 4) is 5.88 Å². The summed E-state index contributed by atoms with van der Waals surface area (Å²) in [5, 5.41) is 29.2. The maximum atomic E-state index is 10.6. The summed E-state index contributed by atoms with van der Waals surface area (Å²) in [6, 6.07) is 11.1. The summed E-state index contributed by atoms with van der Waals surface area (Å²) in [5.41, 5.74) is 1.49. The zero-order chi connectivity index (χ0) is 15.7. The second-order valence-corrected chi connectivity index (χ2v) is 5.40. The minimum atomic E-state index is -0.482. The Morgan fingerprint density at radius 2 is 1.86 bits per heavy atom. The van der Waals surface area contributed by atoms with E-state index in [1.807, 2.05) is 18.2 Å². The van der Waals surface area contributed by atoms with Crippen LogP contribution in [0.2, 0.25) is 0 Å². The van der Waals surface area contributed by atoms with Gasteiger partial charge in [0, 0.05) is 22.0 Å². The van der Waals surface area contributed by atoms with Crippen LogP contribution < -0.4 is 0 Å². The summed E-state index contributed by atoms with van der Waals surface area (Å²) in [5.74, 6) is -0.0845. The lowest BCUT2D eigenvalue weighted by atomic mass is 10.2. The molecule has 0 aliphatic rings. The number of non-ortho nitro benzene ring substituents is 1. The van der Waals surface area contributed by atoms with Gasteiger partial charge in [-0.05, 0) is 30.3 Å². The van der Waals surface area contributed by atoms with Crippen molar-refractivity contribution in [2.75, 3.05) is 0 Å². The lowest BCUT2D eigenvalue weighted by Crippen LogP contribution is -1.85. The van der Waals surface area contributed by atoms with Crippen LogP contribution in [0.15, 0.2) is 57.2 Å². The van der Waals surface area contributed by atoms with E-state index in [4.69, 9.17) is 0 Å². The minimum absolute atomic E-state index is 0.0159. The van der Waals surface area contributed by atoms with Gasteiger partial charge in [0.25, 0.3) is 5.69 Å². The second kappa shape index (κ2) is 5.57. The lowest BCUT2D eigenvalue weighted by Gasteiger charge is -1.94. The molecular formula is C14H9BrN4O3. The molecule has 0 bridgehead atoms. The normalized spacial score (nSPS) is 11.3. The molecular weight excluding hydrogens is 352 g/mol. The van der Waals surface area contributed by atoms with E-state index < -0.39 is 4.92 Å². The van der Waals surface area contributed by atoms with Crippen molar-refractivity contribution >= 4 is 43.9 Å². The zero-order valence-electron chi connectivity index (χ0n) is 11.0. The Labute approximate surface area is 132 Å². The van der Waals surface area contributed by atoms with E-state index >= 15 is 0 Å². The average Bonchev–Trinajstić information content (AvgIpc) is 2.80. The Kier molecular flexibility index (Phi) is 3.60. The van der Waals surface area contributed by atoms with Gasteiger partial charge in [0.15, 0.2) is 5.69 Å². The van der Waals surface area contributed by atoms with Crippen LogP contribution in [0, 0.1) is 10.1 Å². The van der Waals surface area contributed by atoms with Crippen LogP contribution >= 0.6 is 15.9 Å². The van der Waals surface area contributed by atoms with Crippen LogP contribution in [0.1, 0.15) is 0 Å². The summed E-state index contributed by atoms with van der Waals surface area (Å²) in [6.07, 6.45) is 0. The number of benzene rings is 2. The fourth-order valence-electron chi connectivity index (χ4n) is 1.99. The first-order valence-electron chi connectivity index (χ1n) is 6.21. The molecule has 110 valence electrons. The van der Waals surface area contributed by atoms with Gasteiger partial charge in [0.05, 0.1) is 16.1 Å². The number of nitro benzene ring substituents is 1.